The van der Waals surface area contributed by atoms with Crippen LogP contribution >= 0.6 is 0 Å². The minimum atomic E-state index is 0.0609. The van der Waals surface area contributed by atoms with Crippen LogP contribution in [0, 0.1) is 11.3 Å². The molecule has 1 aliphatic carbocycles. The molecule has 3 aliphatic rings. The lowest BCUT2D eigenvalue weighted by atomic mass is 9.68. The minimum absolute atomic E-state index is 0.0609. The van der Waals surface area contributed by atoms with Gasteiger partial charge in [-0.15, -0.1) is 0 Å². The van der Waals surface area contributed by atoms with Crippen LogP contribution in [0.3, 0.4) is 0 Å². The summed E-state index contributed by atoms with van der Waals surface area (Å²) in [4.78, 5) is 4.84. The molecule has 0 amide bonds. The predicted octanol–water partition coefficient (Wildman–Crippen LogP) is 5.58. The number of nitriles is 1. The Bertz CT molecular complexity index is 956. The van der Waals surface area contributed by atoms with Gasteiger partial charge in [-0.05, 0) is 82.2 Å². The number of ether oxygens (including phenoxy) is 1. The fourth-order valence-corrected chi connectivity index (χ4v) is 6.76. The molecule has 1 saturated carbocycles. The Morgan fingerprint density at radius 2 is 2.06 bits per heavy atom. The van der Waals surface area contributed by atoms with Crippen molar-refractivity contribution in [3.63, 3.8) is 0 Å². The van der Waals surface area contributed by atoms with Crippen molar-refractivity contribution in [3.05, 3.63) is 53.6 Å². The molecule has 3 atom stereocenters. The summed E-state index contributed by atoms with van der Waals surface area (Å²) < 4.78 is 8.69. The predicted molar refractivity (Wildman–Crippen MR) is 125 cm³/mol. The lowest BCUT2D eigenvalue weighted by Gasteiger charge is -2.46. The Labute approximate surface area is 192 Å². The first-order valence-electron chi connectivity index (χ1n) is 12.6. The molecule has 0 bridgehead atoms. The van der Waals surface area contributed by atoms with Crippen LogP contribution < -0.4 is 5.32 Å². The Balaban J connectivity index is 1.34. The molecular formula is C27H36N4O. The molecule has 2 aromatic heterocycles. The van der Waals surface area contributed by atoms with Gasteiger partial charge in [0, 0.05) is 41.7 Å². The maximum atomic E-state index is 9.58. The maximum Gasteiger partial charge on any atom is 0.120 e. The van der Waals surface area contributed by atoms with Gasteiger partial charge in [-0.3, -0.25) is 4.98 Å². The molecule has 0 aromatic carbocycles. The van der Waals surface area contributed by atoms with E-state index in [2.05, 4.69) is 41.1 Å². The Hall–Kier alpha value is -2.16. The largest absolute Gasteiger partial charge is 0.375 e. The van der Waals surface area contributed by atoms with Crippen molar-refractivity contribution in [1.29, 1.82) is 5.26 Å². The summed E-state index contributed by atoms with van der Waals surface area (Å²) in [5, 5.41) is 13.5. The molecule has 4 heterocycles. The fraction of sp³-hybridized carbons (Fsp3) is 0.630. The number of hydrogen-bond donors (Lipinski definition) is 1. The SMILES string of the molecule is CCC1CCC(NCC[C@@]2(c3ccccn3)CCOC3(CCCC3)C2)c2ccc(C#N)n21. The van der Waals surface area contributed by atoms with Crippen molar-refractivity contribution in [1.82, 2.24) is 14.9 Å². The zero-order valence-corrected chi connectivity index (χ0v) is 19.4. The second-order valence-corrected chi connectivity index (χ2v) is 10.2. The van der Waals surface area contributed by atoms with Gasteiger partial charge in [0.25, 0.3) is 0 Å². The van der Waals surface area contributed by atoms with E-state index in [-0.39, 0.29) is 11.0 Å². The standard InChI is InChI=1S/C27H36N4O/c1-2-21-8-10-23(24-11-9-22(19-28)31(21)24)29-17-14-26(25-7-3-6-16-30-25)15-18-32-27(20-26)12-4-5-13-27/h3,6-7,9,11,16,21,23,29H,2,4-5,8,10,12-15,17-18,20H2,1H3/t21?,23?,26-/m1/s1. The molecule has 0 radical (unpaired) electrons. The third-order valence-corrected chi connectivity index (χ3v) is 8.41. The third kappa shape index (κ3) is 3.89. The lowest BCUT2D eigenvalue weighted by Crippen LogP contribution is -2.47. The van der Waals surface area contributed by atoms with Crippen LogP contribution in [-0.4, -0.2) is 28.3 Å². The van der Waals surface area contributed by atoms with Crippen molar-refractivity contribution in [2.75, 3.05) is 13.2 Å². The first-order chi connectivity index (χ1) is 15.7. The minimum Gasteiger partial charge on any atom is -0.375 e. The molecule has 32 heavy (non-hydrogen) atoms. The number of hydrogen-bond acceptors (Lipinski definition) is 4. The monoisotopic (exact) mass is 432 g/mol. The number of pyridine rings is 1. The van der Waals surface area contributed by atoms with Gasteiger partial charge in [-0.1, -0.05) is 25.8 Å². The number of nitrogens with one attached hydrogen (secondary N) is 1. The second kappa shape index (κ2) is 9.00. The average molecular weight is 433 g/mol. The maximum absolute atomic E-state index is 9.58. The summed E-state index contributed by atoms with van der Waals surface area (Å²) in [7, 11) is 0. The van der Waals surface area contributed by atoms with Crippen LogP contribution in [0.1, 0.15) is 100 Å². The van der Waals surface area contributed by atoms with E-state index in [1.807, 2.05) is 18.3 Å². The van der Waals surface area contributed by atoms with Crippen molar-refractivity contribution < 1.29 is 4.74 Å². The van der Waals surface area contributed by atoms with Crippen molar-refractivity contribution in [3.8, 4) is 6.07 Å². The molecule has 170 valence electrons. The van der Waals surface area contributed by atoms with Crippen LogP contribution in [0.15, 0.2) is 36.5 Å². The molecule has 5 rings (SSSR count). The van der Waals surface area contributed by atoms with E-state index in [9.17, 15) is 5.26 Å². The summed E-state index contributed by atoms with van der Waals surface area (Å²) in [5.41, 5.74) is 3.46. The Morgan fingerprint density at radius 1 is 1.19 bits per heavy atom. The normalized spacial score (nSPS) is 29.0. The Kier molecular flexibility index (Phi) is 6.09. The van der Waals surface area contributed by atoms with Gasteiger partial charge < -0.3 is 14.6 Å². The number of aromatic nitrogens is 2. The molecule has 2 fully saturated rings. The molecule has 5 nitrogen and oxygen atoms in total. The summed E-state index contributed by atoms with van der Waals surface area (Å²) in [6.45, 7) is 4.03. The van der Waals surface area contributed by atoms with E-state index >= 15 is 0 Å². The summed E-state index contributed by atoms with van der Waals surface area (Å²) >= 11 is 0. The summed E-state index contributed by atoms with van der Waals surface area (Å²) in [5.74, 6) is 0. The molecule has 1 N–H and O–H groups in total. The van der Waals surface area contributed by atoms with Gasteiger partial charge in [0.05, 0.1) is 5.60 Å². The van der Waals surface area contributed by atoms with Gasteiger partial charge in [0.2, 0.25) is 0 Å². The first kappa shape index (κ1) is 21.7. The molecule has 2 aliphatic heterocycles. The zero-order valence-electron chi connectivity index (χ0n) is 19.4. The highest BCUT2D eigenvalue weighted by atomic mass is 16.5. The van der Waals surface area contributed by atoms with Crippen molar-refractivity contribution >= 4 is 0 Å². The van der Waals surface area contributed by atoms with Gasteiger partial charge in [-0.2, -0.15) is 5.26 Å². The molecular weight excluding hydrogens is 396 g/mol. The van der Waals surface area contributed by atoms with Gasteiger partial charge >= 0.3 is 0 Å². The number of fused-ring (bicyclic) bond motifs is 1. The highest BCUT2D eigenvalue weighted by molar-refractivity contribution is 5.31. The van der Waals surface area contributed by atoms with Crippen LogP contribution in [-0.2, 0) is 10.2 Å². The average Bonchev–Trinajstić information content (AvgIpc) is 3.47. The van der Waals surface area contributed by atoms with Crippen LogP contribution in [0.4, 0.5) is 0 Å². The molecule has 2 unspecified atom stereocenters. The number of nitrogens with zero attached hydrogens (tertiary/aromatic N) is 3. The second-order valence-electron chi connectivity index (χ2n) is 10.2. The van der Waals surface area contributed by atoms with E-state index in [4.69, 9.17) is 9.72 Å². The van der Waals surface area contributed by atoms with Crippen molar-refractivity contribution in [2.45, 2.75) is 94.2 Å². The van der Waals surface area contributed by atoms with Gasteiger partial charge in [0.15, 0.2) is 0 Å². The van der Waals surface area contributed by atoms with E-state index < -0.39 is 0 Å². The van der Waals surface area contributed by atoms with Crippen LogP contribution in [0.2, 0.25) is 0 Å². The Morgan fingerprint density at radius 3 is 2.81 bits per heavy atom. The van der Waals surface area contributed by atoms with E-state index in [0.29, 0.717) is 12.1 Å². The van der Waals surface area contributed by atoms with Crippen LogP contribution in [0.5, 0.6) is 0 Å². The molecule has 2 aromatic rings. The molecule has 5 heteroatoms. The first-order valence-corrected chi connectivity index (χ1v) is 12.6. The summed E-state index contributed by atoms with van der Waals surface area (Å²) in [6, 6.07) is 13.7. The van der Waals surface area contributed by atoms with Gasteiger partial charge in [0.1, 0.15) is 11.8 Å². The molecule has 1 saturated heterocycles. The third-order valence-electron chi connectivity index (χ3n) is 8.41. The number of rotatable bonds is 6. The molecule has 1 spiro atoms. The van der Waals surface area contributed by atoms with E-state index in [1.165, 1.54) is 37.1 Å². The van der Waals surface area contributed by atoms with E-state index in [0.717, 1.165) is 57.4 Å². The van der Waals surface area contributed by atoms with E-state index in [1.54, 1.807) is 0 Å². The quantitative estimate of drug-likeness (QED) is 0.647. The van der Waals surface area contributed by atoms with Crippen LogP contribution in [0.25, 0.3) is 0 Å². The summed E-state index contributed by atoms with van der Waals surface area (Å²) in [6.07, 6.45) is 13.5. The van der Waals surface area contributed by atoms with Crippen molar-refractivity contribution in [2.24, 2.45) is 0 Å². The topological polar surface area (TPSA) is 62.9 Å². The smallest absolute Gasteiger partial charge is 0.120 e. The van der Waals surface area contributed by atoms with Gasteiger partial charge in [-0.25, -0.2) is 0 Å². The fourth-order valence-electron chi connectivity index (χ4n) is 6.76. The lowest BCUT2D eigenvalue weighted by molar-refractivity contribution is -0.104. The zero-order chi connectivity index (χ0) is 22.0. The highest BCUT2D eigenvalue weighted by Gasteiger charge is 2.48. The highest BCUT2D eigenvalue weighted by Crippen LogP contribution is 2.49.